The molecule has 3 aromatic rings. The number of carbonyl (C=O) groups excluding carboxylic acids is 2. The first kappa shape index (κ1) is 28.2. The number of carbonyl (C=O) groups is 2. The molecular weight excluding hydrogens is 526 g/mol. The van der Waals surface area contributed by atoms with Gasteiger partial charge >= 0.3 is 5.97 Å². The molecule has 11 heteroatoms. The summed E-state index contributed by atoms with van der Waals surface area (Å²) < 4.78 is 61.7. The number of benzene rings is 3. The minimum Gasteiger partial charge on any atom is -0.456 e. The third-order valence-electron chi connectivity index (χ3n) is 5.16. The number of ether oxygens (including phenoxy) is 1. The first-order valence-corrected chi connectivity index (χ1v) is 12.8. The largest absolute Gasteiger partial charge is 0.456 e. The zero-order chi connectivity index (χ0) is 27.5. The molecule has 37 heavy (non-hydrogen) atoms. The quantitative estimate of drug-likeness (QED) is 0.398. The van der Waals surface area contributed by atoms with Crippen LogP contribution in [0.5, 0.6) is 0 Å². The molecular formula is C26H25ClF2N2O5S. The van der Waals surface area contributed by atoms with E-state index in [9.17, 15) is 26.8 Å². The summed E-state index contributed by atoms with van der Waals surface area (Å²) in [5, 5.41) is 0.277. The number of halogens is 3. The summed E-state index contributed by atoms with van der Waals surface area (Å²) in [4.78, 5) is 24.7. The number of amides is 1. The molecule has 0 heterocycles. The minimum atomic E-state index is -4.46. The lowest BCUT2D eigenvalue weighted by molar-refractivity contribution is -0.122. The van der Waals surface area contributed by atoms with Gasteiger partial charge in [-0.1, -0.05) is 29.8 Å². The van der Waals surface area contributed by atoms with Crippen molar-refractivity contribution in [3.8, 4) is 0 Å². The average Bonchev–Trinajstić information content (AvgIpc) is 2.79. The van der Waals surface area contributed by atoms with Gasteiger partial charge in [-0.2, -0.15) is 4.31 Å². The summed E-state index contributed by atoms with van der Waals surface area (Å²) in [6, 6.07) is 11.6. The van der Waals surface area contributed by atoms with E-state index >= 15 is 0 Å². The summed E-state index contributed by atoms with van der Waals surface area (Å²) in [5.41, 5.74) is 5.01. The predicted molar refractivity (Wildman–Crippen MR) is 134 cm³/mol. The molecule has 3 aromatic carbocycles. The van der Waals surface area contributed by atoms with Crippen molar-refractivity contribution in [3.63, 3.8) is 0 Å². The molecule has 1 unspecified atom stereocenters. The van der Waals surface area contributed by atoms with Gasteiger partial charge in [0.05, 0.1) is 10.5 Å². The van der Waals surface area contributed by atoms with Crippen molar-refractivity contribution in [3.05, 3.63) is 100 Å². The Morgan fingerprint density at radius 1 is 1.00 bits per heavy atom. The highest BCUT2D eigenvalue weighted by atomic mass is 35.5. The smallest absolute Gasteiger partial charge is 0.338 e. The number of nitrogens with zero attached hydrogens (tertiary/aromatic N) is 1. The summed E-state index contributed by atoms with van der Waals surface area (Å²) in [7, 11) is -4.46. The zero-order valence-electron chi connectivity index (χ0n) is 20.2. The van der Waals surface area contributed by atoms with Gasteiger partial charge < -0.3 is 10.5 Å². The maximum absolute atomic E-state index is 14.7. The zero-order valence-corrected chi connectivity index (χ0v) is 21.8. The van der Waals surface area contributed by atoms with Crippen LogP contribution in [0.15, 0.2) is 71.6 Å². The molecule has 0 spiro atoms. The van der Waals surface area contributed by atoms with Gasteiger partial charge in [0, 0.05) is 23.2 Å². The van der Waals surface area contributed by atoms with Crippen molar-refractivity contribution >= 4 is 33.5 Å². The van der Waals surface area contributed by atoms with Crippen molar-refractivity contribution in [1.29, 1.82) is 0 Å². The molecule has 1 atom stereocenters. The van der Waals surface area contributed by atoms with Crippen LogP contribution in [0.4, 0.5) is 8.78 Å². The van der Waals surface area contributed by atoms with Crippen LogP contribution in [-0.4, -0.2) is 30.2 Å². The highest BCUT2D eigenvalue weighted by molar-refractivity contribution is 7.89. The van der Waals surface area contributed by atoms with Crippen LogP contribution in [0.1, 0.15) is 48.3 Å². The van der Waals surface area contributed by atoms with Crippen LogP contribution >= 0.6 is 11.6 Å². The fourth-order valence-corrected chi connectivity index (χ4v) is 5.18. The average molecular weight is 551 g/mol. The monoisotopic (exact) mass is 550 g/mol. The predicted octanol–water partition coefficient (Wildman–Crippen LogP) is 4.99. The Balaban J connectivity index is 2.08. The number of nitrogens with two attached hydrogens (primary N) is 1. The first-order valence-electron chi connectivity index (χ1n) is 11.0. The second-order valence-corrected chi connectivity index (χ2v) is 11.5. The van der Waals surface area contributed by atoms with Crippen LogP contribution < -0.4 is 5.73 Å². The maximum Gasteiger partial charge on any atom is 0.338 e. The highest BCUT2D eigenvalue weighted by Gasteiger charge is 2.37. The minimum absolute atomic E-state index is 0.224. The summed E-state index contributed by atoms with van der Waals surface area (Å²) >= 11 is 5.89. The van der Waals surface area contributed by atoms with Crippen molar-refractivity contribution in [1.82, 2.24) is 4.31 Å². The van der Waals surface area contributed by atoms with Gasteiger partial charge in [-0.3, -0.25) is 4.79 Å². The molecule has 0 saturated carbocycles. The molecule has 0 bridgehead atoms. The van der Waals surface area contributed by atoms with E-state index in [0.29, 0.717) is 11.6 Å². The van der Waals surface area contributed by atoms with E-state index < -0.39 is 57.3 Å². The molecule has 196 valence electrons. The second kappa shape index (κ2) is 11.0. The number of esters is 1. The van der Waals surface area contributed by atoms with Gasteiger partial charge in [0.1, 0.15) is 23.3 Å². The number of rotatable bonds is 8. The fraction of sp³-hybridized carbons (Fsp3) is 0.231. The summed E-state index contributed by atoms with van der Waals surface area (Å²) in [6.07, 6.45) is 0. The molecule has 0 aliphatic rings. The Labute approximate surface area is 218 Å². The van der Waals surface area contributed by atoms with Crippen LogP contribution in [-0.2, 0) is 26.1 Å². The van der Waals surface area contributed by atoms with E-state index in [1.54, 1.807) is 20.8 Å². The lowest BCUT2D eigenvalue weighted by Crippen LogP contribution is -2.41. The van der Waals surface area contributed by atoms with Crippen LogP contribution in [0.2, 0.25) is 5.02 Å². The van der Waals surface area contributed by atoms with E-state index in [2.05, 4.69) is 0 Å². The third kappa shape index (κ3) is 6.91. The molecule has 3 rings (SSSR count). The highest BCUT2D eigenvalue weighted by Crippen LogP contribution is 2.32. The number of primary amides is 1. The van der Waals surface area contributed by atoms with E-state index in [4.69, 9.17) is 22.1 Å². The summed E-state index contributed by atoms with van der Waals surface area (Å²) in [5.74, 6) is -3.80. The molecule has 0 aromatic heterocycles. The Kier molecular flexibility index (Phi) is 8.36. The SMILES string of the molecule is CC(C)(C)OC(=O)c1ccc(CN(C(C(N)=O)c2ccc(F)cc2F)S(=O)(=O)c2ccc(Cl)cc2)cc1. The third-order valence-corrected chi connectivity index (χ3v) is 7.24. The number of sulfonamides is 1. The van der Waals surface area contributed by atoms with Gasteiger partial charge in [-0.25, -0.2) is 22.0 Å². The molecule has 7 nitrogen and oxygen atoms in total. The van der Waals surface area contributed by atoms with E-state index in [0.717, 1.165) is 16.4 Å². The number of hydrogen-bond donors (Lipinski definition) is 1. The Morgan fingerprint density at radius 2 is 1.59 bits per heavy atom. The Morgan fingerprint density at radius 3 is 2.11 bits per heavy atom. The molecule has 0 aliphatic heterocycles. The normalized spacial score (nSPS) is 12.8. The molecule has 0 saturated heterocycles. The standard InChI is InChI=1S/C26H25ClF2N2O5S/c1-26(2,3)36-25(33)17-6-4-16(5-7-17)15-31(37(34,35)20-11-8-18(27)9-12-20)23(24(30)32)21-13-10-19(28)14-22(21)29/h4-14,23H,15H2,1-3H3,(H2,30,32). The molecule has 2 N–H and O–H groups in total. The van der Waals surface area contributed by atoms with Crippen LogP contribution in [0.3, 0.4) is 0 Å². The lowest BCUT2D eigenvalue weighted by Gasteiger charge is -2.29. The molecule has 0 fully saturated rings. The van der Waals surface area contributed by atoms with Crippen molar-refractivity contribution in [2.45, 2.75) is 43.9 Å². The van der Waals surface area contributed by atoms with Crippen LogP contribution in [0.25, 0.3) is 0 Å². The van der Waals surface area contributed by atoms with Gasteiger partial charge in [-0.15, -0.1) is 0 Å². The topological polar surface area (TPSA) is 107 Å². The molecule has 0 radical (unpaired) electrons. The fourth-order valence-electron chi connectivity index (χ4n) is 3.49. The Hall–Kier alpha value is -3.34. The Bertz CT molecular complexity index is 1410. The second-order valence-electron chi connectivity index (χ2n) is 9.17. The van der Waals surface area contributed by atoms with Gasteiger partial charge in [0.25, 0.3) is 0 Å². The maximum atomic E-state index is 14.7. The van der Waals surface area contributed by atoms with Gasteiger partial charge in [-0.05, 0) is 68.8 Å². The van der Waals surface area contributed by atoms with E-state index in [-0.39, 0.29) is 15.5 Å². The van der Waals surface area contributed by atoms with Crippen molar-refractivity contribution in [2.75, 3.05) is 0 Å². The van der Waals surface area contributed by atoms with E-state index in [1.165, 1.54) is 48.5 Å². The molecule has 0 aliphatic carbocycles. The lowest BCUT2D eigenvalue weighted by atomic mass is 10.0. The van der Waals surface area contributed by atoms with Crippen LogP contribution in [0, 0.1) is 11.6 Å². The van der Waals surface area contributed by atoms with Gasteiger partial charge in [0.15, 0.2) is 0 Å². The van der Waals surface area contributed by atoms with E-state index in [1.807, 2.05) is 0 Å². The van der Waals surface area contributed by atoms with Crippen molar-refractivity contribution < 1.29 is 31.5 Å². The van der Waals surface area contributed by atoms with Crippen molar-refractivity contribution in [2.24, 2.45) is 5.73 Å². The first-order chi connectivity index (χ1) is 17.2. The van der Waals surface area contributed by atoms with Gasteiger partial charge in [0.2, 0.25) is 15.9 Å². The summed E-state index contributed by atoms with van der Waals surface area (Å²) in [6.45, 7) is 4.73. The number of hydrogen-bond acceptors (Lipinski definition) is 5. The molecule has 1 amide bonds.